The van der Waals surface area contributed by atoms with Crippen LogP contribution in [-0.4, -0.2) is 58.6 Å². The summed E-state index contributed by atoms with van der Waals surface area (Å²) in [6.45, 7) is 4.69. The highest BCUT2D eigenvalue weighted by atomic mass is 16.5. The van der Waals surface area contributed by atoms with Crippen LogP contribution in [0.5, 0.6) is 5.75 Å². The quantitative estimate of drug-likeness (QED) is 0.655. The minimum Gasteiger partial charge on any atom is -0.497 e. The van der Waals surface area contributed by atoms with Gasteiger partial charge in [0.2, 0.25) is 0 Å². The van der Waals surface area contributed by atoms with Gasteiger partial charge in [-0.15, -0.1) is 0 Å². The number of carboxylic acid groups (broad SMARTS) is 1. The van der Waals surface area contributed by atoms with Crippen molar-refractivity contribution in [2.45, 2.75) is 44.9 Å². The fourth-order valence-electron chi connectivity index (χ4n) is 3.96. The van der Waals surface area contributed by atoms with E-state index in [9.17, 15) is 14.7 Å². The first-order chi connectivity index (χ1) is 13.9. The van der Waals surface area contributed by atoms with Gasteiger partial charge in [-0.05, 0) is 37.0 Å². The fourth-order valence-corrected chi connectivity index (χ4v) is 3.96. The maximum atomic E-state index is 12.6. The van der Waals surface area contributed by atoms with Crippen molar-refractivity contribution in [2.24, 2.45) is 0 Å². The molecule has 3 rings (SSSR count). The minimum atomic E-state index is -0.982. The highest BCUT2D eigenvalue weighted by Crippen LogP contribution is 2.30. The topological polar surface area (TPSA) is 104 Å². The Morgan fingerprint density at radius 1 is 1.28 bits per heavy atom. The molecule has 0 aliphatic carbocycles. The van der Waals surface area contributed by atoms with Gasteiger partial charge in [0.05, 0.1) is 18.7 Å². The van der Waals surface area contributed by atoms with Crippen molar-refractivity contribution in [3.05, 3.63) is 40.2 Å². The lowest BCUT2D eigenvalue weighted by molar-refractivity contribution is 0.166. The van der Waals surface area contributed by atoms with Gasteiger partial charge in [0, 0.05) is 49.7 Å². The summed E-state index contributed by atoms with van der Waals surface area (Å²) in [6.07, 6.45) is 0.485. The molecule has 0 bridgehead atoms. The molecule has 3 N–H and O–H groups in total. The lowest BCUT2D eigenvalue weighted by Gasteiger charge is -2.32. The second kappa shape index (κ2) is 9.28. The van der Waals surface area contributed by atoms with Gasteiger partial charge in [-0.2, -0.15) is 0 Å². The third kappa shape index (κ3) is 4.89. The molecular formula is C21H29N3O5. The number of hydrogen-bond donors (Lipinski definition) is 3. The summed E-state index contributed by atoms with van der Waals surface area (Å²) in [7, 11) is 1.57. The van der Waals surface area contributed by atoms with Crippen molar-refractivity contribution in [2.75, 3.05) is 26.7 Å². The number of nitrogens with zero attached hydrogens (tertiary/aromatic N) is 2. The predicted molar refractivity (Wildman–Crippen MR) is 111 cm³/mol. The van der Waals surface area contributed by atoms with Crippen LogP contribution in [0, 0.1) is 0 Å². The Hall–Kier alpha value is -2.58. The number of fused-ring (bicyclic) bond motifs is 1. The normalized spacial score (nSPS) is 16.7. The van der Waals surface area contributed by atoms with E-state index >= 15 is 0 Å². The number of benzene rings is 1. The van der Waals surface area contributed by atoms with E-state index in [1.807, 2.05) is 19.1 Å². The molecule has 1 aromatic carbocycles. The lowest BCUT2D eigenvalue weighted by atomic mass is 10.0. The Bertz CT molecular complexity index is 918. The van der Waals surface area contributed by atoms with Gasteiger partial charge in [-0.3, -0.25) is 4.79 Å². The van der Waals surface area contributed by atoms with Crippen LogP contribution in [0.2, 0.25) is 0 Å². The molecule has 1 amide bonds. The van der Waals surface area contributed by atoms with Gasteiger partial charge in [0.15, 0.2) is 0 Å². The summed E-state index contributed by atoms with van der Waals surface area (Å²) in [5, 5.41) is 22.7. The van der Waals surface area contributed by atoms with E-state index in [-0.39, 0.29) is 11.6 Å². The molecule has 0 spiro atoms. The number of aliphatic hydroxyl groups is 1. The van der Waals surface area contributed by atoms with Crippen LogP contribution in [-0.2, 0) is 6.54 Å². The number of hydrogen-bond acceptors (Lipinski definition) is 5. The second-order valence-corrected chi connectivity index (χ2v) is 7.46. The third-order valence-corrected chi connectivity index (χ3v) is 5.65. The Morgan fingerprint density at radius 3 is 2.62 bits per heavy atom. The molecule has 1 aliphatic heterocycles. The number of amides is 1. The van der Waals surface area contributed by atoms with Crippen LogP contribution in [0.1, 0.15) is 37.9 Å². The van der Waals surface area contributed by atoms with E-state index in [1.165, 1.54) is 0 Å². The number of methoxy groups -OCH3 is 1. The number of pyridine rings is 1. The zero-order valence-electron chi connectivity index (χ0n) is 16.9. The molecule has 1 aromatic heterocycles. The molecule has 0 radical (unpaired) electrons. The van der Waals surface area contributed by atoms with E-state index in [1.54, 1.807) is 23.8 Å². The third-order valence-electron chi connectivity index (χ3n) is 5.65. The van der Waals surface area contributed by atoms with Crippen molar-refractivity contribution in [3.63, 3.8) is 0 Å². The van der Waals surface area contributed by atoms with Crippen molar-refractivity contribution in [1.29, 1.82) is 0 Å². The Balaban J connectivity index is 1.81. The number of likely N-dealkylation sites (tertiary alicyclic amines) is 1. The molecule has 1 atom stereocenters. The standard InChI is InChI=1S/C21H29N3O5/c1-3-19(25)17-12-15(29-2)13-18-16(17)4-5-20(26)24(18)11-10-23-8-6-14(7-9-23)22-21(27)28/h4-5,12-14,19,22,25H,3,6-11H2,1-2H3,(H,27,28). The second-order valence-electron chi connectivity index (χ2n) is 7.46. The van der Waals surface area contributed by atoms with Gasteiger partial charge in [-0.25, -0.2) is 4.79 Å². The number of carbonyl (C=O) groups is 1. The van der Waals surface area contributed by atoms with Crippen molar-refractivity contribution in [3.8, 4) is 5.75 Å². The van der Waals surface area contributed by atoms with E-state index in [2.05, 4.69) is 10.2 Å². The number of aliphatic hydroxyl groups excluding tert-OH is 1. The smallest absolute Gasteiger partial charge is 0.404 e. The van der Waals surface area contributed by atoms with Crippen LogP contribution in [0.3, 0.4) is 0 Å². The summed E-state index contributed by atoms with van der Waals surface area (Å²) in [5.41, 5.74) is 1.42. The Labute approximate surface area is 169 Å². The van der Waals surface area contributed by atoms with Gasteiger partial charge >= 0.3 is 6.09 Å². The summed E-state index contributed by atoms with van der Waals surface area (Å²) in [4.78, 5) is 25.6. The number of nitrogens with one attached hydrogen (secondary N) is 1. The molecule has 2 aromatic rings. The maximum Gasteiger partial charge on any atom is 0.404 e. The van der Waals surface area contributed by atoms with Crippen LogP contribution < -0.4 is 15.6 Å². The fraction of sp³-hybridized carbons (Fsp3) is 0.524. The summed E-state index contributed by atoms with van der Waals surface area (Å²) in [6, 6.07) is 6.97. The summed E-state index contributed by atoms with van der Waals surface area (Å²) >= 11 is 0. The molecule has 1 fully saturated rings. The number of aromatic nitrogens is 1. The SMILES string of the molecule is CCC(O)c1cc(OC)cc2c1ccc(=O)n2CCN1CCC(NC(=O)O)CC1. The molecule has 29 heavy (non-hydrogen) atoms. The van der Waals surface area contributed by atoms with Crippen molar-refractivity contribution >= 4 is 17.0 Å². The highest BCUT2D eigenvalue weighted by Gasteiger charge is 2.21. The van der Waals surface area contributed by atoms with Gasteiger partial charge in [0.1, 0.15) is 5.75 Å². The van der Waals surface area contributed by atoms with E-state index in [0.717, 1.165) is 42.4 Å². The lowest BCUT2D eigenvalue weighted by Crippen LogP contribution is -2.45. The first-order valence-electron chi connectivity index (χ1n) is 10.0. The zero-order chi connectivity index (χ0) is 21.0. The zero-order valence-corrected chi connectivity index (χ0v) is 16.9. The first kappa shape index (κ1) is 21.1. The molecule has 8 heteroatoms. The molecule has 158 valence electrons. The molecule has 2 heterocycles. The van der Waals surface area contributed by atoms with Crippen molar-refractivity contribution < 1.29 is 19.7 Å². The number of piperidine rings is 1. The summed E-state index contributed by atoms with van der Waals surface area (Å²) in [5.74, 6) is 0.611. The monoisotopic (exact) mass is 403 g/mol. The molecule has 0 saturated carbocycles. The van der Waals surface area contributed by atoms with E-state index in [0.29, 0.717) is 25.3 Å². The number of ether oxygens (including phenoxy) is 1. The van der Waals surface area contributed by atoms with Gasteiger partial charge < -0.3 is 29.7 Å². The number of rotatable bonds is 7. The average Bonchev–Trinajstić information content (AvgIpc) is 2.72. The largest absolute Gasteiger partial charge is 0.497 e. The predicted octanol–water partition coefficient (Wildman–Crippen LogP) is 2.19. The molecule has 1 saturated heterocycles. The van der Waals surface area contributed by atoms with E-state index < -0.39 is 12.2 Å². The van der Waals surface area contributed by atoms with Crippen LogP contribution >= 0.6 is 0 Å². The van der Waals surface area contributed by atoms with Crippen molar-refractivity contribution in [1.82, 2.24) is 14.8 Å². The highest BCUT2D eigenvalue weighted by molar-refractivity contribution is 5.84. The molecule has 1 unspecified atom stereocenters. The molecule has 1 aliphatic rings. The van der Waals surface area contributed by atoms with Gasteiger partial charge in [-0.1, -0.05) is 6.92 Å². The average molecular weight is 403 g/mol. The van der Waals surface area contributed by atoms with Gasteiger partial charge in [0.25, 0.3) is 5.56 Å². The summed E-state index contributed by atoms with van der Waals surface area (Å²) < 4.78 is 7.13. The first-order valence-corrected chi connectivity index (χ1v) is 10.0. The van der Waals surface area contributed by atoms with Crippen LogP contribution in [0.15, 0.2) is 29.1 Å². The maximum absolute atomic E-state index is 12.6. The Kier molecular flexibility index (Phi) is 6.76. The van der Waals surface area contributed by atoms with Crippen LogP contribution in [0.4, 0.5) is 4.79 Å². The molecular weight excluding hydrogens is 374 g/mol. The van der Waals surface area contributed by atoms with E-state index in [4.69, 9.17) is 9.84 Å². The van der Waals surface area contributed by atoms with Crippen LogP contribution in [0.25, 0.3) is 10.9 Å². The Morgan fingerprint density at radius 2 is 2.00 bits per heavy atom. The molecule has 8 nitrogen and oxygen atoms in total. The minimum absolute atomic E-state index is 0.00798.